The second-order valence-electron chi connectivity index (χ2n) is 10.2. The van der Waals surface area contributed by atoms with Crippen molar-refractivity contribution in [2.45, 2.75) is 69.9 Å². The van der Waals surface area contributed by atoms with E-state index in [2.05, 4.69) is 10.3 Å². The molecule has 1 saturated carbocycles. The number of aromatic nitrogens is 1. The number of amides is 1. The first-order valence-electron chi connectivity index (χ1n) is 13.5. The van der Waals surface area contributed by atoms with Crippen LogP contribution in [0.3, 0.4) is 0 Å². The van der Waals surface area contributed by atoms with Gasteiger partial charge in [-0.3, -0.25) is 9.59 Å². The molecular weight excluding hydrogens is 532 g/mol. The average Bonchev–Trinajstić information content (AvgIpc) is 3.32. The number of nitrogens with zero attached hydrogens (tertiary/aromatic N) is 2. The number of hydrogen-bond donors (Lipinski definition) is 2. The Morgan fingerprint density at radius 1 is 1.15 bits per heavy atom. The molecule has 1 aromatic heterocycles. The number of carbonyl (C=O) groups excluding carboxylic acids is 2. The van der Waals surface area contributed by atoms with Gasteiger partial charge in [-0.2, -0.15) is 0 Å². The molecule has 0 radical (unpaired) electrons. The van der Waals surface area contributed by atoms with Gasteiger partial charge in [0.1, 0.15) is 11.6 Å². The minimum atomic E-state index is -2.75. The van der Waals surface area contributed by atoms with Crippen molar-refractivity contribution in [3.05, 3.63) is 41.6 Å². The SMILES string of the molecule is CCOC(=O)CCCOc1ncc(C(=O)NC2CCC(F)(F)CC2)c(N2CC[C@H](N)C2)c1-c1cc(F)cc(F)c1. The summed E-state index contributed by atoms with van der Waals surface area (Å²) >= 11 is 0. The molecule has 2 heterocycles. The van der Waals surface area contributed by atoms with Crippen LogP contribution in [-0.4, -0.2) is 61.2 Å². The fourth-order valence-corrected chi connectivity index (χ4v) is 5.10. The van der Waals surface area contributed by atoms with Crippen LogP contribution < -0.4 is 20.7 Å². The summed E-state index contributed by atoms with van der Waals surface area (Å²) in [4.78, 5) is 31.4. The van der Waals surface area contributed by atoms with Crippen LogP contribution in [0.2, 0.25) is 0 Å². The van der Waals surface area contributed by atoms with Crippen molar-refractivity contribution in [2.24, 2.45) is 5.73 Å². The van der Waals surface area contributed by atoms with Crippen LogP contribution in [0.5, 0.6) is 5.88 Å². The van der Waals surface area contributed by atoms with E-state index < -0.39 is 29.5 Å². The molecule has 1 saturated heterocycles. The molecule has 218 valence electrons. The van der Waals surface area contributed by atoms with Gasteiger partial charge < -0.3 is 25.4 Å². The van der Waals surface area contributed by atoms with Crippen molar-refractivity contribution < 1.29 is 36.6 Å². The maximum atomic E-state index is 14.4. The van der Waals surface area contributed by atoms with Crippen molar-refractivity contribution in [3.63, 3.8) is 0 Å². The van der Waals surface area contributed by atoms with E-state index >= 15 is 0 Å². The zero-order chi connectivity index (χ0) is 28.9. The van der Waals surface area contributed by atoms with Gasteiger partial charge in [-0.25, -0.2) is 22.5 Å². The van der Waals surface area contributed by atoms with E-state index in [0.29, 0.717) is 31.6 Å². The number of esters is 1. The summed E-state index contributed by atoms with van der Waals surface area (Å²) in [7, 11) is 0. The lowest BCUT2D eigenvalue weighted by Crippen LogP contribution is -2.41. The molecule has 2 aliphatic rings. The van der Waals surface area contributed by atoms with Gasteiger partial charge in [0.15, 0.2) is 0 Å². The van der Waals surface area contributed by atoms with E-state index in [9.17, 15) is 27.2 Å². The van der Waals surface area contributed by atoms with Crippen LogP contribution >= 0.6 is 0 Å². The van der Waals surface area contributed by atoms with Crippen LogP contribution in [0.1, 0.15) is 62.2 Å². The maximum absolute atomic E-state index is 14.4. The molecule has 0 unspecified atom stereocenters. The molecule has 4 rings (SSSR count). The molecule has 12 heteroatoms. The first-order chi connectivity index (χ1) is 19.1. The Balaban J connectivity index is 1.72. The Morgan fingerprint density at radius 3 is 2.48 bits per heavy atom. The number of pyridine rings is 1. The number of rotatable bonds is 10. The molecule has 8 nitrogen and oxygen atoms in total. The molecule has 1 amide bonds. The molecular formula is C28H34F4N4O4. The molecule has 0 spiro atoms. The second-order valence-corrected chi connectivity index (χ2v) is 10.2. The minimum absolute atomic E-state index is 0.0261. The van der Waals surface area contributed by atoms with Crippen LogP contribution in [0.4, 0.5) is 23.2 Å². The highest BCUT2D eigenvalue weighted by molar-refractivity contribution is 6.04. The first-order valence-corrected chi connectivity index (χ1v) is 13.5. The largest absolute Gasteiger partial charge is 0.477 e. The summed E-state index contributed by atoms with van der Waals surface area (Å²) in [5.41, 5.74) is 6.93. The summed E-state index contributed by atoms with van der Waals surface area (Å²) in [6.07, 6.45) is 1.94. The number of hydrogen-bond acceptors (Lipinski definition) is 7. The molecule has 1 aromatic carbocycles. The van der Waals surface area contributed by atoms with Crippen molar-refractivity contribution in [1.29, 1.82) is 0 Å². The third kappa shape index (κ3) is 7.41. The number of alkyl halides is 2. The van der Waals surface area contributed by atoms with E-state index in [-0.39, 0.29) is 79.9 Å². The predicted molar refractivity (Wildman–Crippen MR) is 140 cm³/mol. The topological polar surface area (TPSA) is 107 Å². The Bertz CT molecular complexity index is 1200. The smallest absolute Gasteiger partial charge is 0.305 e. The number of benzene rings is 1. The van der Waals surface area contributed by atoms with E-state index in [1.807, 2.05) is 4.90 Å². The maximum Gasteiger partial charge on any atom is 0.305 e. The highest BCUT2D eigenvalue weighted by Gasteiger charge is 2.36. The molecule has 0 bridgehead atoms. The summed E-state index contributed by atoms with van der Waals surface area (Å²) < 4.78 is 66.9. The van der Waals surface area contributed by atoms with Gasteiger partial charge in [-0.05, 0) is 50.3 Å². The van der Waals surface area contributed by atoms with Crippen molar-refractivity contribution in [1.82, 2.24) is 10.3 Å². The number of halogens is 4. The summed E-state index contributed by atoms with van der Waals surface area (Å²) in [6, 6.07) is 2.33. The fraction of sp³-hybridized carbons (Fsp3) is 0.536. The Morgan fingerprint density at radius 2 is 1.85 bits per heavy atom. The van der Waals surface area contributed by atoms with Crippen molar-refractivity contribution in [2.75, 3.05) is 31.2 Å². The second kappa shape index (κ2) is 12.8. The van der Waals surface area contributed by atoms with E-state index in [1.165, 1.54) is 6.20 Å². The molecule has 2 aromatic rings. The summed E-state index contributed by atoms with van der Waals surface area (Å²) in [5, 5.41) is 2.84. The van der Waals surface area contributed by atoms with Gasteiger partial charge in [-0.1, -0.05) is 0 Å². The number of nitrogens with two attached hydrogens (primary N) is 1. The number of nitrogens with one attached hydrogen (secondary N) is 1. The standard InChI is InChI=1S/C28H34F4N4O4/c1-2-39-23(37)4-3-11-40-27-24(17-12-18(29)14-19(30)13-17)25(36-10-7-20(33)16-36)22(15-34-27)26(38)35-21-5-8-28(31,32)9-6-21/h12-15,20-21H,2-11,16,33H2,1H3,(H,35,38)/t20-/m0/s1. The van der Waals surface area contributed by atoms with Gasteiger partial charge in [0.2, 0.25) is 11.8 Å². The minimum Gasteiger partial charge on any atom is -0.477 e. The summed E-state index contributed by atoms with van der Waals surface area (Å²) in [5.74, 6) is -5.30. The molecule has 40 heavy (non-hydrogen) atoms. The van der Waals surface area contributed by atoms with E-state index in [1.54, 1.807) is 6.92 Å². The molecule has 1 atom stereocenters. The zero-order valence-corrected chi connectivity index (χ0v) is 22.4. The van der Waals surface area contributed by atoms with Crippen molar-refractivity contribution in [3.8, 4) is 17.0 Å². The number of anilines is 1. The van der Waals surface area contributed by atoms with Crippen LogP contribution in [-0.2, 0) is 9.53 Å². The molecule has 1 aliphatic heterocycles. The lowest BCUT2D eigenvalue weighted by atomic mass is 9.92. The number of carbonyl (C=O) groups is 2. The Kier molecular flexibility index (Phi) is 9.49. The van der Waals surface area contributed by atoms with E-state index in [0.717, 1.165) is 18.2 Å². The zero-order valence-electron chi connectivity index (χ0n) is 22.4. The summed E-state index contributed by atoms with van der Waals surface area (Å²) in [6.45, 7) is 2.85. The van der Waals surface area contributed by atoms with Crippen LogP contribution in [0.15, 0.2) is 24.4 Å². The van der Waals surface area contributed by atoms with Gasteiger partial charge in [0.25, 0.3) is 5.91 Å². The van der Waals surface area contributed by atoms with Gasteiger partial charge in [0.05, 0.1) is 30.0 Å². The Labute approximate surface area is 230 Å². The fourth-order valence-electron chi connectivity index (χ4n) is 5.10. The van der Waals surface area contributed by atoms with Crippen LogP contribution in [0, 0.1) is 11.6 Å². The van der Waals surface area contributed by atoms with Gasteiger partial charge >= 0.3 is 5.97 Å². The van der Waals surface area contributed by atoms with Gasteiger partial charge in [-0.15, -0.1) is 0 Å². The van der Waals surface area contributed by atoms with Gasteiger partial charge in [0, 0.05) is 56.7 Å². The average molecular weight is 567 g/mol. The quantitative estimate of drug-likeness (QED) is 0.246. The third-order valence-electron chi connectivity index (χ3n) is 7.08. The number of ether oxygens (including phenoxy) is 2. The normalized spacial score (nSPS) is 18.9. The molecule has 1 aliphatic carbocycles. The highest BCUT2D eigenvalue weighted by atomic mass is 19.3. The third-order valence-corrected chi connectivity index (χ3v) is 7.08. The first kappa shape index (κ1) is 29.6. The Hall–Kier alpha value is -3.41. The van der Waals surface area contributed by atoms with E-state index in [4.69, 9.17) is 15.2 Å². The highest BCUT2D eigenvalue weighted by Crippen LogP contribution is 2.42. The van der Waals surface area contributed by atoms with Crippen LogP contribution in [0.25, 0.3) is 11.1 Å². The molecule has 3 N–H and O–H groups in total. The van der Waals surface area contributed by atoms with Crippen molar-refractivity contribution >= 4 is 17.6 Å². The molecule has 2 fully saturated rings. The monoisotopic (exact) mass is 566 g/mol. The lowest BCUT2D eigenvalue weighted by molar-refractivity contribution is -0.143. The predicted octanol–water partition coefficient (Wildman–Crippen LogP) is 4.59. The lowest BCUT2D eigenvalue weighted by Gasteiger charge is -2.30.